The molecule has 1 atom stereocenters. The first-order chi connectivity index (χ1) is 10.6. The number of oxazole rings is 1. The smallest absolute Gasteiger partial charge is 0.326 e. The van der Waals surface area contributed by atoms with Gasteiger partial charge >= 0.3 is 5.97 Å². The number of unbranched alkanes of at least 4 members (excludes halogenated alkanes) is 1. The van der Waals surface area contributed by atoms with Crippen molar-refractivity contribution in [1.29, 1.82) is 0 Å². The molecule has 1 heterocycles. The summed E-state index contributed by atoms with van der Waals surface area (Å²) in [4.78, 5) is 27.2. The van der Waals surface area contributed by atoms with Gasteiger partial charge in [0.25, 0.3) is 0 Å². The molecule has 0 unspecified atom stereocenters. The number of carboxylic acids is 1. The maximum absolute atomic E-state index is 11.9. The van der Waals surface area contributed by atoms with Gasteiger partial charge in [-0.3, -0.25) is 4.79 Å². The van der Waals surface area contributed by atoms with Crippen LogP contribution in [0.25, 0.3) is 11.1 Å². The number of aromatic nitrogens is 1. The monoisotopic (exact) mass is 304 g/mol. The first-order valence-electron chi connectivity index (χ1n) is 7.46. The molecule has 0 saturated heterocycles. The molecule has 1 amide bonds. The number of carboxylic acid groups (broad SMARTS) is 1. The van der Waals surface area contributed by atoms with Gasteiger partial charge in [0.15, 0.2) is 11.5 Å². The van der Waals surface area contributed by atoms with Crippen molar-refractivity contribution in [2.45, 2.75) is 45.1 Å². The van der Waals surface area contributed by atoms with E-state index in [4.69, 9.17) is 9.52 Å². The zero-order chi connectivity index (χ0) is 15.9. The van der Waals surface area contributed by atoms with Crippen LogP contribution in [0.2, 0.25) is 0 Å². The Labute approximate surface area is 128 Å². The van der Waals surface area contributed by atoms with E-state index in [9.17, 15) is 9.59 Å². The number of para-hydroxylation sites is 2. The Morgan fingerprint density at radius 3 is 2.82 bits per heavy atom. The van der Waals surface area contributed by atoms with E-state index in [0.717, 1.165) is 18.4 Å². The van der Waals surface area contributed by atoms with Crippen LogP contribution in [0.15, 0.2) is 28.7 Å². The molecular formula is C16H20N2O4. The second-order valence-electron chi connectivity index (χ2n) is 5.18. The zero-order valence-electron chi connectivity index (χ0n) is 12.5. The van der Waals surface area contributed by atoms with Crippen molar-refractivity contribution in [2.75, 3.05) is 0 Å². The molecule has 2 aromatic rings. The van der Waals surface area contributed by atoms with Gasteiger partial charge in [0.05, 0.1) is 0 Å². The molecule has 2 rings (SSSR count). The molecule has 1 aromatic heterocycles. The van der Waals surface area contributed by atoms with Gasteiger partial charge in [0.2, 0.25) is 5.91 Å². The SMILES string of the molecule is CCCC[C@H](NC(=O)CCc1nc2ccccc2o1)C(=O)O. The van der Waals surface area contributed by atoms with Crippen LogP contribution >= 0.6 is 0 Å². The summed E-state index contributed by atoms with van der Waals surface area (Å²) in [5, 5.41) is 11.6. The van der Waals surface area contributed by atoms with E-state index in [1.54, 1.807) is 0 Å². The van der Waals surface area contributed by atoms with Crippen LogP contribution in [0.5, 0.6) is 0 Å². The third-order valence-electron chi connectivity index (χ3n) is 3.38. The first-order valence-corrected chi connectivity index (χ1v) is 7.46. The highest BCUT2D eigenvalue weighted by Gasteiger charge is 2.19. The van der Waals surface area contributed by atoms with Crippen molar-refractivity contribution in [3.63, 3.8) is 0 Å². The number of carbonyl (C=O) groups excluding carboxylic acids is 1. The van der Waals surface area contributed by atoms with Gasteiger partial charge < -0.3 is 14.8 Å². The fourth-order valence-electron chi connectivity index (χ4n) is 2.18. The van der Waals surface area contributed by atoms with Crippen LogP contribution in [0.3, 0.4) is 0 Å². The summed E-state index contributed by atoms with van der Waals surface area (Å²) in [6.45, 7) is 1.98. The van der Waals surface area contributed by atoms with Crippen molar-refractivity contribution in [3.8, 4) is 0 Å². The first kappa shape index (κ1) is 16.0. The molecule has 6 nitrogen and oxygen atoms in total. The van der Waals surface area contributed by atoms with Crippen LogP contribution in [0.1, 0.15) is 38.5 Å². The predicted octanol–water partition coefficient (Wildman–Crippen LogP) is 2.52. The Kier molecular flexibility index (Phi) is 5.52. The number of carbonyl (C=O) groups is 2. The summed E-state index contributed by atoms with van der Waals surface area (Å²) >= 11 is 0. The maximum Gasteiger partial charge on any atom is 0.326 e. The molecule has 0 bridgehead atoms. The number of hydrogen-bond donors (Lipinski definition) is 2. The van der Waals surface area contributed by atoms with E-state index >= 15 is 0 Å². The Hall–Kier alpha value is -2.37. The lowest BCUT2D eigenvalue weighted by molar-refractivity contribution is -0.142. The second kappa shape index (κ2) is 7.59. The van der Waals surface area contributed by atoms with E-state index < -0.39 is 12.0 Å². The average molecular weight is 304 g/mol. The number of aryl methyl sites for hydroxylation is 1. The van der Waals surface area contributed by atoms with E-state index in [2.05, 4.69) is 10.3 Å². The van der Waals surface area contributed by atoms with Crippen molar-refractivity contribution in [2.24, 2.45) is 0 Å². The lowest BCUT2D eigenvalue weighted by Crippen LogP contribution is -2.40. The van der Waals surface area contributed by atoms with Crippen molar-refractivity contribution in [3.05, 3.63) is 30.2 Å². The van der Waals surface area contributed by atoms with Gasteiger partial charge in [-0.1, -0.05) is 31.9 Å². The molecular weight excluding hydrogens is 284 g/mol. The van der Waals surface area contributed by atoms with Gasteiger partial charge in [-0.05, 0) is 18.6 Å². The largest absolute Gasteiger partial charge is 0.480 e. The summed E-state index contributed by atoms with van der Waals surface area (Å²) in [6.07, 6.45) is 2.61. The summed E-state index contributed by atoms with van der Waals surface area (Å²) in [5.74, 6) is -0.814. The average Bonchev–Trinajstić information content (AvgIpc) is 2.92. The molecule has 6 heteroatoms. The van der Waals surface area contributed by atoms with Crippen molar-refractivity contribution in [1.82, 2.24) is 10.3 Å². The van der Waals surface area contributed by atoms with Crippen LogP contribution in [-0.4, -0.2) is 28.0 Å². The summed E-state index contributed by atoms with van der Waals surface area (Å²) in [5.41, 5.74) is 1.44. The normalized spacial score (nSPS) is 12.2. The molecule has 0 aliphatic carbocycles. The predicted molar refractivity (Wildman–Crippen MR) is 81.4 cm³/mol. The standard InChI is InChI=1S/C16H20N2O4/c1-2-3-6-12(16(20)21)17-14(19)9-10-15-18-11-7-4-5-8-13(11)22-15/h4-5,7-8,12H,2-3,6,9-10H2,1H3,(H,17,19)(H,20,21)/t12-/m0/s1. The highest BCUT2D eigenvalue weighted by molar-refractivity contribution is 5.83. The molecule has 0 aliphatic rings. The van der Waals surface area contributed by atoms with Gasteiger partial charge in [-0.25, -0.2) is 9.78 Å². The highest BCUT2D eigenvalue weighted by Crippen LogP contribution is 2.15. The van der Waals surface area contributed by atoms with Crippen molar-refractivity contribution < 1.29 is 19.1 Å². The van der Waals surface area contributed by atoms with E-state index in [1.807, 2.05) is 31.2 Å². The summed E-state index contributed by atoms with van der Waals surface area (Å²) in [7, 11) is 0. The Balaban J connectivity index is 1.87. The fraction of sp³-hybridized carbons (Fsp3) is 0.438. The molecule has 1 aromatic carbocycles. The van der Waals surface area contributed by atoms with Crippen LogP contribution in [-0.2, 0) is 16.0 Å². The number of benzene rings is 1. The van der Waals surface area contributed by atoms with E-state index in [-0.39, 0.29) is 12.3 Å². The fourth-order valence-corrected chi connectivity index (χ4v) is 2.18. The third kappa shape index (κ3) is 4.31. The van der Waals surface area contributed by atoms with Crippen LogP contribution in [0, 0.1) is 0 Å². The Bertz CT molecular complexity index is 617. The molecule has 0 spiro atoms. The number of nitrogens with zero attached hydrogens (tertiary/aromatic N) is 1. The number of amides is 1. The second-order valence-corrected chi connectivity index (χ2v) is 5.18. The Morgan fingerprint density at radius 1 is 1.36 bits per heavy atom. The molecule has 0 saturated carbocycles. The highest BCUT2D eigenvalue weighted by atomic mass is 16.4. The minimum atomic E-state index is -0.997. The van der Waals surface area contributed by atoms with Gasteiger partial charge in [0, 0.05) is 12.8 Å². The van der Waals surface area contributed by atoms with Crippen LogP contribution in [0.4, 0.5) is 0 Å². The minimum absolute atomic E-state index is 0.155. The number of fused-ring (bicyclic) bond motifs is 1. The molecule has 0 radical (unpaired) electrons. The molecule has 0 aliphatic heterocycles. The maximum atomic E-state index is 11.9. The topological polar surface area (TPSA) is 92.4 Å². The number of rotatable bonds is 8. The van der Waals surface area contributed by atoms with Gasteiger partial charge in [0.1, 0.15) is 11.6 Å². The van der Waals surface area contributed by atoms with Gasteiger partial charge in [-0.2, -0.15) is 0 Å². The molecule has 22 heavy (non-hydrogen) atoms. The number of hydrogen-bond acceptors (Lipinski definition) is 4. The molecule has 118 valence electrons. The third-order valence-corrected chi connectivity index (χ3v) is 3.38. The van der Waals surface area contributed by atoms with E-state index in [1.165, 1.54) is 0 Å². The summed E-state index contributed by atoms with van der Waals surface area (Å²) in [6, 6.07) is 6.56. The van der Waals surface area contributed by atoms with Crippen LogP contribution < -0.4 is 5.32 Å². The quantitative estimate of drug-likeness (QED) is 0.781. The lowest BCUT2D eigenvalue weighted by Gasteiger charge is -2.13. The molecule has 2 N–H and O–H groups in total. The minimum Gasteiger partial charge on any atom is -0.480 e. The van der Waals surface area contributed by atoms with Gasteiger partial charge in [-0.15, -0.1) is 0 Å². The number of nitrogens with one attached hydrogen (secondary N) is 1. The molecule has 0 fully saturated rings. The Morgan fingerprint density at radius 2 is 2.14 bits per heavy atom. The zero-order valence-corrected chi connectivity index (χ0v) is 12.5. The van der Waals surface area contributed by atoms with E-state index in [0.29, 0.717) is 24.3 Å². The lowest BCUT2D eigenvalue weighted by atomic mass is 10.1. The number of aliphatic carboxylic acids is 1. The van der Waals surface area contributed by atoms with Crippen molar-refractivity contribution >= 4 is 23.0 Å². The summed E-state index contributed by atoms with van der Waals surface area (Å²) < 4.78 is 5.53.